The maximum absolute atomic E-state index is 9.28. The lowest BCUT2D eigenvalue weighted by atomic mass is 9.59. The molecule has 1 aliphatic heterocycles. The number of aliphatic hydroxyl groups is 1. The molecule has 2 nitrogen and oxygen atoms in total. The smallest absolute Gasteiger partial charge is 0.0609 e. The lowest BCUT2D eigenvalue weighted by Crippen LogP contribution is -2.44. The van der Waals surface area contributed by atoms with Gasteiger partial charge in [-0.2, -0.15) is 0 Å². The van der Waals surface area contributed by atoms with E-state index < -0.39 is 0 Å². The molecule has 0 spiro atoms. The van der Waals surface area contributed by atoms with Gasteiger partial charge in [0.15, 0.2) is 0 Å². The lowest BCUT2D eigenvalue weighted by molar-refractivity contribution is -0.0137. The standard InChI is InChI=1S/C10H16O2/c11-4-8-6-1-2-7-9(8)5-12-10(7)3-6/h6-11H,1-5H2/t6-,7-,8-,9-,10-/m1/s1. The van der Waals surface area contributed by atoms with Crippen molar-refractivity contribution in [1.82, 2.24) is 0 Å². The third-order valence-electron chi connectivity index (χ3n) is 4.30. The highest BCUT2D eigenvalue weighted by Gasteiger charge is 2.52. The van der Waals surface area contributed by atoms with Crippen LogP contribution in [0.4, 0.5) is 0 Å². The number of hydrogen-bond donors (Lipinski definition) is 1. The van der Waals surface area contributed by atoms with E-state index in [1.165, 1.54) is 19.3 Å². The number of fused-ring (bicyclic) bond motifs is 1. The number of rotatable bonds is 1. The third-order valence-corrected chi connectivity index (χ3v) is 4.30. The second-order valence-corrected chi connectivity index (χ2v) is 4.62. The van der Waals surface area contributed by atoms with Crippen LogP contribution >= 0.6 is 0 Å². The molecular weight excluding hydrogens is 152 g/mol. The van der Waals surface area contributed by atoms with Crippen LogP contribution in [0.3, 0.4) is 0 Å². The van der Waals surface area contributed by atoms with Crippen LogP contribution in [-0.4, -0.2) is 24.4 Å². The summed E-state index contributed by atoms with van der Waals surface area (Å²) in [5.74, 6) is 2.85. The Kier molecular flexibility index (Phi) is 1.50. The number of hydrogen-bond acceptors (Lipinski definition) is 2. The molecule has 3 aliphatic carbocycles. The molecule has 0 aromatic heterocycles. The minimum Gasteiger partial charge on any atom is -0.396 e. The van der Waals surface area contributed by atoms with Gasteiger partial charge in [-0.15, -0.1) is 0 Å². The summed E-state index contributed by atoms with van der Waals surface area (Å²) in [5.41, 5.74) is 0. The zero-order chi connectivity index (χ0) is 8.13. The van der Waals surface area contributed by atoms with Gasteiger partial charge in [0, 0.05) is 6.61 Å². The maximum Gasteiger partial charge on any atom is 0.0609 e. The molecule has 4 fully saturated rings. The molecule has 0 aromatic rings. The average molecular weight is 168 g/mol. The van der Waals surface area contributed by atoms with Gasteiger partial charge in [-0.1, -0.05) is 0 Å². The van der Waals surface area contributed by atoms with E-state index in [9.17, 15) is 5.11 Å². The molecule has 68 valence electrons. The van der Waals surface area contributed by atoms with Gasteiger partial charge in [0.05, 0.1) is 12.7 Å². The fourth-order valence-corrected chi connectivity index (χ4v) is 3.69. The van der Waals surface area contributed by atoms with Crippen LogP contribution in [-0.2, 0) is 4.74 Å². The predicted molar refractivity (Wildman–Crippen MR) is 44.6 cm³/mol. The SMILES string of the molecule is OC[C@@H]1[C@@H]2CC[C@@H]3[C@H]1CO[C@@H]3C2. The van der Waals surface area contributed by atoms with Crippen LogP contribution < -0.4 is 0 Å². The normalized spacial score (nSPS) is 56.2. The van der Waals surface area contributed by atoms with Crippen molar-refractivity contribution in [1.29, 1.82) is 0 Å². The maximum atomic E-state index is 9.28. The Hall–Kier alpha value is -0.0800. The van der Waals surface area contributed by atoms with Gasteiger partial charge in [-0.3, -0.25) is 0 Å². The van der Waals surface area contributed by atoms with Crippen LogP contribution in [0.5, 0.6) is 0 Å². The van der Waals surface area contributed by atoms with Crippen molar-refractivity contribution in [3.63, 3.8) is 0 Å². The van der Waals surface area contributed by atoms with Crippen molar-refractivity contribution in [2.45, 2.75) is 25.4 Å². The number of aliphatic hydroxyl groups excluding tert-OH is 1. The van der Waals surface area contributed by atoms with Crippen molar-refractivity contribution >= 4 is 0 Å². The van der Waals surface area contributed by atoms with Crippen LogP contribution in [0.25, 0.3) is 0 Å². The molecule has 0 aromatic carbocycles. The first kappa shape index (κ1) is 7.34. The topological polar surface area (TPSA) is 29.5 Å². The summed E-state index contributed by atoms with van der Waals surface area (Å²) in [6.45, 7) is 1.32. The lowest BCUT2D eigenvalue weighted by Gasteiger charge is -2.45. The molecule has 4 bridgehead atoms. The highest BCUT2D eigenvalue weighted by atomic mass is 16.5. The first-order valence-corrected chi connectivity index (χ1v) is 5.12. The summed E-state index contributed by atoms with van der Waals surface area (Å²) < 4.78 is 5.73. The zero-order valence-corrected chi connectivity index (χ0v) is 7.28. The Balaban J connectivity index is 1.91. The van der Waals surface area contributed by atoms with Crippen LogP contribution in [0.1, 0.15) is 19.3 Å². The fraction of sp³-hybridized carbons (Fsp3) is 1.00. The Bertz CT molecular complexity index is 192. The van der Waals surface area contributed by atoms with Crippen LogP contribution in [0, 0.1) is 23.7 Å². The zero-order valence-electron chi connectivity index (χ0n) is 7.28. The molecule has 1 N–H and O–H groups in total. The van der Waals surface area contributed by atoms with E-state index in [0.29, 0.717) is 24.5 Å². The minimum atomic E-state index is 0.391. The molecular formula is C10H16O2. The summed E-state index contributed by atoms with van der Waals surface area (Å²) in [4.78, 5) is 0. The average Bonchev–Trinajstić information content (AvgIpc) is 2.46. The molecule has 1 heterocycles. The van der Waals surface area contributed by atoms with Gasteiger partial charge < -0.3 is 9.84 Å². The van der Waals surface area contributed by atoms with Crippen LogP contribution in [0.15, 0.2) is 0 Å². The van der Waals surface area contributed by atoms with E-state index in [1.54, 1.807) is 0 Å². The summed E-state index contributed by atoms with van der Waals surface area (Å²) in [5, 5.41) is 9.28. The van der Waals surface area contributed by atoms with Gasteiger partial charge in [0.1, 0.15) is 0 Å². The van der Waals surface area contributed by atoms with E-state index in [2.05, 4.69) is 0 Å². The van der Waals surface area contributed by atoms with E-state index in [1.807, 2.05) is 0 Å². The van der Waals surface area contributed by atoms with Crippen LogP contribution in [0.2, 0.25) is 0 Å². The second-order valence-electron chi connectivity index (χ2n) is 4.62. The quantitative estimate of drug-likeness (QED) is 0.634. The first-order valence-electron chi connectivity index (χ1n) is 5.12. The van der Waals surface area contributed by atoms with Gasteiger partial charge in [0.2, 0.25) is 0 Å². The molecule has 3 saturated carbocycles. The van der Waals surface area contributed by atoms with E-state index >= 15 is 0 Å². The number of ether oxygens (including phenoxy) is 1. The summed E-state index contributed by atoms with van der Waals surface area (Å²) >= 11 is 0. The van der Waals surface area contributed by atoms with Gasteiger partial charge >= 0.3 is 0 Å². The largest absolute Gasteiger partial charge is 0.396 e. The fourth-order valence-electron chi connectivity index (χ4n) is 3.69. The van der Waals surface area contributed by atoms with Gasteiger partial charge in [-0.25, -0.2) is 0 Å². The predicted octanol–water partition coefficient (Wildman–Crippen LogP) is 1.04. The monoisotopic (exact) mass is 168 g/mol. The molecule has 4 rings (SSSR count). The molecule has 4 aliphatic rings. The highest BCUT2D eigenvalue weighted by Crippen LogP contribution is 2.53. The molecule has 1 saturated heterocycles. The van der Waals surface area contributed by atoms with E-state index in [4.69, 9.17) is 4.74 Å². The summed E-state index contributed by atoms with van der Waals surface area (Å²) in [6.07, 6.45) is 4.49. The summed E-state index contributed by atoms with van der Waals surface area (Å²) in [6, 6.07) is 0. The van der Waals surface area contributed by atoms with Crippen molar-refractivity contribution in [2.75, 3.05) is 13.2 Å². The van der Waals surface area contributed by atoms with E-state index in [-0.39, 0.29) is 0 Å². The van der Waals surface area contributed by atoms with Crippen molar-refractivity contribution in [3.8, 4) is 0 Å². The molecule has 12 heavy (non-hydrogen) atoms. The Morgan fingerprint density at radius 1 is 1.25 bits per heavy atom. The highest BCUT2D eigenvalue weighted by molar-refractivity contribution is 5.00. The molecule has 0 unspecified atom stereocenters. The minimum absolute atomic E-state index is 0.391. The summed E-state index contributed by atoms with van der Waals surface area (Å²) in [7, 11) is 0. The van der Waals surface area contributed by atoms with Gasteiger partial charge in [-0.05, 0) is 42.9 Å². The Morgan fingerprint density at radius 3 is 3.00 bits per heavy atom. The third kappa shape index (κ3) is 0.775. The first-order chi connectivity index (χ1) is 5.90. The Morgan fingerprint density at radius 2 is 2.17 bits per heavy atom. The van der Waals surface area contributed by atoms with E-state index in [0.717, 1.165) is 18.4 Å². The van der Waals surface area contributed by atoms with Crippen molar-refractivity contribution < 1.29 is 9.84 Å². The molecule has 5 atom stereocenters. The van der Waals surface area contributed by atoms with Gasteiger partial charge in [0.25, 0.3) is 0 Å². The van der Waals surface area contributed by atoms with Crippen molar-refractivity contribution in [3.05, 3.63) is 0 Å². The second kappa shape index (κ2) is 2.46. The molecule has 2 heteroatoms. The van der Waals surface area contributed by atoms with Crippen molar-refractivity contribution in [2.24, 2.45) is 23.7 Å². The molecule has 0 amide bonds. The molecule has 0 radical (unpaired) electrons. The Labute approximate surface area is 72.9 Å².